The maximum absolute atomic E-state index is 13.3. The number of nitrogens with one attached hydrogen (secondary N) is 1. The second kappa shape index (κ2) is 6.09. The molecule has 7 heteroatoms. The highest BCUT2D eigenvalue weighted by Gasteiger charge is 2.58. The molecular weight excluding hydrogens is 323 g/mol. The maximum Gasteiger partial charge on any atom is 0.238 e. The van der Waals surface area contributed by atoms with Crippen LogP contribution in [0, 0.1) is 11.2 Å². The zero-order valence-electron chi connectivity index (χ0n) is 12.8. The lowest BCUT2D eigenvalue weighted by atomic mass is 10.0. The van der Waals surface area contributed by atoms with Crippen LogP contribution in [0.15, 0.2) is 18.2 Å². The molecule has 1 atom stereocenters. The minimum Gasteiger partial charge on any atom is -0.370 e. The lowest BCUT2D eigenvalue weighted by Crippen LogP contribution is -2.49. The Labute approximate surface area is 138 Å². The van der Waals surface area contributed by atoms with Gasteiger partial charge in [0.1, 0.15) is 17.3 Å². The zero-order chi connectivity index (χ0) is 16.6. The monoisotopic (exact) mass is 340 g/mol. The molecule has 2 fully saturated rings. The maximum atomic E-state index is 13.3. The Morgan fingerprint density at radius 2 is 2.17 bits per heavy atom. The van der Waals surface area contributed by atoms with Gasteiger partial charge in [0.25, 0.3) is 0 Å². The van der Waals surface area contributed by atoms with Gasteiger partial charge in [-0.25, -0.2) is 4.39 Å². The minimum atomic E-state index is -0.906. The van der Waals surface area contributed by atoms with Crippen LogP contribution in [0.2, 0.25) is 5.02 Å². The third-order valence-electron chi connectivity index (χ3n) is 4.49. The van der Waals surface area contributed by atoms with E-state index >= 15 is 0 Å². The van der Waals surface area contributed by atoms with Gasteiger partial charge in [-0.15, -0.1) is 0 Å². The largest absolute Gasteiger partial charge is 0.370 e. The predicted molar refractivity (Wildman–Crippen MR) is 82.4 cm³/mol. The van der Waals surface area contributed by atoms with Gasteiger partial charge in [-0.2, -0.15) is 0 Å². The molecule has 1 heterocycles. The van der Waals surface area contributed by atoms with E-state index in [2.05, 4.69) is 5.32 Å². The molecule has 0 bridgehead atoms. The molecule has 5 nitrogen and oxygen atoms in total. The topological polar surface area (TPSA) is 58.6 Å². The standard InChI is InChI=1S/C16H18ClFN2O3/c1-19-14(21)16(4-5-16)15(22)20-6-7-23-13(9-20)10-2-3-12(18)11(17)8-10/h2-3,8,13H,4-7,9H2,1H3,(H,19,21). The van der Waals surface area contributed by atoms with Crippen molar-refractivity contribution in [3.05, 3.63) is 34.6 Å². The molecule has 0 aromatic heterocycles. The Morgan fingerprint density at radius 1 is 1.43 bits per heavy atom. The Balaban J connectivity index is 1.74. The fourth-order valence-electron chi connectivity index (χ4n) is 2.95. The van der Waals surface area contributed by atoms with Crippen LogP contribution in [0.4, 0.5) is 4.39 Å². The van der Waals surface area contributed by atoms with Crippen molar-refractivity contribution >= 4 is 23.4 Å². The van der Waals surface area contributed by atoms with E-state index in [1.807, 2.05) is 0 Å². The van der Waals surface area contributed by atoms with Crippen LogP contribution < -0.4 is 5.32 Å². The molecule has 0 radical (unpaired) electrons. The van der Waals surface area contributed by atoms with Crippen molar-refractivity contribution in [1.29, 1.82) is 0 Å². The summed E-state index contributed by atoms with van der Waals surface area (Å²) in [6.07, 6.45) is 0.789. The summed E-state index contributed by atoms with van der Waals surface area (Å²) in [5.41, 5.74) is -0.185. The number of carbonyl (C=O) groups excluding carboxylic acids is 2. The first-order valence-electron chi connectivity index (χ1n) is 7.56. The van der Waals surface area contributed by atoms with Gasteiger partial charge in [-0.1, -0.05) is 17.7 Å². The minimum absolute atomic E-state index is 0.0265. The first-order valence-corrected chi connectivity index (χ1v) is 7.94. The average Bonchev–Trinajstić information content (AvgIpc) is 3.38. The Hall–Kier alpha value is -1.66. The van der Waals surface area contributed by atoms with Crippen molar-refractivity contribution in [3.8, 4) is 0 Å². The molecule has 1 aromatic carbocycles. The fraction of sp³-hybridized carbons (Fsp3) is 0.500. The van der Waals surface area contributed by atoms with Gasteiger partial charge < -0.3 is 15.0 Å². The molecule has 2 aliphatic rings. The van der Waals surface area contributed by atoms with E-state index < -0.39 is 11.2 Å². The lowest BCUT2D eigenvalue weighted by Gasteiger charge is -2.35. The second-order valence-electron chi connectivity index (χ2n) is 5.95. The summed E-state index contributed by atoms with van der Waals surface area (Å²) < 4.78 is 19.0. The molecule has 3 rings (SSSR count). The van der Waals surface area contributed by atoms with E-state index in [1.54, 1.807) is 11.0 Å². The van der Waals surface area contributed by atoms with Gasteiger partial charge in [0.05, 0.1) is 18.2 Å². The van der Waals surface area contributed by atoms with Crippen molar-refractivity contribution in [2.24, 2.45) is 5.41 Å². The Morgan fingerprint density at radius 3 is 2.78 bits per heavy atom. The summed E-state index contributed by atoms with van der Waals surface area (Å²) in [4.78, 5) is 26.3. The van der Waals surface area contributed by atoms with E-state index in [0.29, 0.717) is 32.5 Å². The van der Waals surface area contributed by atoms with Crippen molar-refractivity contribution < 1.29 is 18.7 Å². The highest BCUT2D eigenvalue weighted by atomic mass is 35.5. The normalized spacial score (nSPS) is 22.6. The molecule has 1 saturated carbocycles. The molecule has 124 valence electrons. The van der Waals surface area contributed by atoms with Gasteiger partial charge in [0.2, 0.25) is 11.8 Å². The quantitative estimate of drug-likeness (QED) is 0.855. The number of benzene rings is 1. The van der Waals surface area contributed by atoms with Crippen molar-refractivity contribution in [1.82, 2.24) is 10.2 Å². The third kappa shape index (κ3) is 2.93. The van der Waals surface area contributed by atoms with Gasteiger partial charge in [0.15, 0.2) is 0 Å². The summed E-state index contributed by atoms with van der Waals surface area (Å²) >= 11 is 5.81. The number of hydrogen-bond donors (Lipinski definition) is 1. The molecule has 1 unspecified atom stereocenters. The number of carbonyl (C=O) groups is 2. The number of rotatable bonds is 3. The van der Waals surface area contributed by atoms with Crippen LogP contribution in [0.25, 0.3) is 0 Å². The third-order valence-corrected chi connectivity index (χ3v) is 4.78. The summed E-state index contributed by atoms with van der Waals surface area (Å²) in [6, 6.07) is 4.40. The molecule has 1 aliphatic heterocycles. The Kier molecular flexibility index (Phi) is 4.29. The molecule has 0 spiro atoms. The second-order valence-corrected chi connectivity index (χ2v) is 6.35. The molecule has 1 aromatic rings. The molecular formula is C16H18ClFN2O3. The summed E-state index contributed by atoms with van der Waals surface area (Å²) in [6.45, 7) is 1.15. The van der Waals surface area contributed by atoms with Crippen molar-refractivity contribution in [2.45, 2.75) is 18.9 Å². The van der Waals surface area contributed by atoms with E-state index in [1.165, 1.54) is 19.2 Å². The van der Waals surface area contributed by atoms with E-state index in [-0.39, 0.29) is 22.9 Å². The number of halogens is 2. The van der Waals surface area contributed by atoms with Gasteiger partial charge in [-0.05, 0) is 30.5 Å². The number of ether oxygens (including phenoxy) is 1. The van der Waals surface area contributed by atoms with Crippen LogP contribution in [0.3, 0.4) is 0 Å². The molecule has 1 aliphatic carbocycles. The van der Waals surface area contributed by atoms with Crippen molar-refractivity contribution in [2.75, 3.05) is 26.7 Å². The number of hydrogen-bond acceptors (Lipinski definition) is 3. The number of nitrogens with zero attached hydrogens (tertiary/aromatic N) is 1. The molecule has 1 N–H and O–H groups in total. The van der Waals surface area contributed by atoms with Crippen LogP contribution >= 0.6 is 11.6 Å². The molecule has 23 heavy (non-hydrogen) atoms. The average molecular weight is 341 g/mol. The fourth-order valence-corrected chi connectivity index (χ4v) is 3.14. The summed E-state index contributed by atoms with van der Waals surface area (Å²) in [5, 5.41) is 2.59. The van der Waals surface area contributed by atoms with E-state index in [9.17, 15) is 14.0 Å². The van der Waals surface area contributed by atoms with E-state index in [4.69, 9.17) is 16.3 Å². The van der Waals surface area contributed by atoms with Crippen LogP contribution in [-0.4, -0.2) is 43.5 Å². The smallest absolute Gasteiger partial charge is 0.238 e. The van der Waals surface area contributed by atoms with Crippen LogP contribution in [0.1, 0.15) is 24.5 Å². The zero-order valence-corrected chi connectivity index (χ0v) is 13.5. The van der Waals surface area contributed by atoms with Crippen molar-refractivity contribution in [3.63, 3.8) is 0 Å². The highest BCUT2D eigenvalue weighted by molar-refractivity contribution is 6.30. The van der Waals surface area contributed by atoms with Crippen LogP contribution in [-0.2, 0) is 14.3 Å². The van der Waals surface area contributed by atoms with Gasteiger partial charge >= 0.3 is 0 Å². The van der Waals surface area contributed by atoms with E-state index in [0.717, 1.165) is 5.56 Å². The molecule has 1 saturated heterocycles. The summed E-state index contributed by atoms with van der Waals surface area (Å²) in [5.74, 6) is -0.871. The first-order chi connectivity index (χ1) is 11.0. The Bertz CT molecular complexity index is 648. The lowest BCUT2D eigenvalue weighted by molar-refractivity contribution is -0.150. The van der Waals surface area contributed by atoms with Gasteiger partial charge in [-0.3, -0.25) is 9.59 Å². The number of morpholine rings is 1. The summed E-state index contributed by atoms with van der Waals surface area (Å²) in [7, 11) is 1.54. The van der Waals surface area contributed by atoms with Gasteiger partial charge in [0, 0.05) is 13.6 Å². The highest BCUT2D eigenvalue weighted by Crippen LogP contribution is 2.48. The SMILES string of the molecule is CNC(=O)C1(C(=O)N2CCOC(c3ccc(F)c(Cl)c3)C2)CC1. The predicted octanol–water partition coefficient (Wildman–Crippen LogP) is 1.91. The van der Waals surface area contributed by atoms with Crippen LogP contribution in [0.5, 0.6) is 0 Å². The first kappa shape index (κ1) is 16.2. The number of amides is 2. The molecule has 2 amide bonds.